The van der Waals surface area contributed by atoms with Crippen molar-refractivity contribution in [1.82, 2.24) is 0 Å². The number of nitrogen functional groups attached to an aromatic ring is 1. The van der Waals surface area contributed by atoms with Crippen LogP contribution in [0.15, 0.2) is 29.6 Å². The maximum Gasteiger partial charge on any atom is 0.101 e. The Morgan fingerprint density at radius 1 is 1.14 bits per heavy atom. The van der Waals surface area contributed by atoms with E-state index in [1.54, 1.807) is 6.07 Å². The van der Waals surface area contributed by atoms with Gasteiger partial charge < -0.3 is 5.73 Å². The molecule has 0 unspecified atom stereocenters. The largest absolute Gasteiger partial charge is 0.398 e. The van der Waals surface area contributed by atoms with Crippen LogP contribution in [0.5, 0.6) is 0 Å². The summed E-state index contributed by atoms with van der Waals surface area (Å²) in [7, 11) is 0. The van der Waals surface area contributed by atoms with Gasteiger partial charge in [0.25, 0.3) is 0 Å². The standard InChI is InChI=1S/C10H7Cl2NS/c11-8-2-1-6(5-9(8)13)7-3-4-14-10(7)12/h1-5H,13H2. The number of anilines is 1. The van der Waals surface area contributed by atoms with Gasteiger partial charge in [0.2, 0.25) is 0 Å². The average Bonchev–Trinajstić information content (AvgIpc) is 2.57. The maximum absolute atomic E-state index is 6.01. The van der Waals surface area contributed by atoms with Crippen LogP contribution in [-0.2, 0) is 0 Å². The van der Waals surface area contributed by atoms with E-state index in [0.717, 1.165) is 15.5 Å². The number of thiophene rings is 1. The molecular weight excluding hydrogens is 237 g/mol. The molecule has 0 aliphatic rings. The fourth-order valence-corrected chi connectivity index (χ4v) is 2.29. The summed E-state index contributed by atoms with van der Waals surface area (Å²) in [4.78, 5) is 0. The summed E-state index contributed by atoms with van der Waals surface area (Å²) in [6.45, 7) is 0. The zero-order chi connectivity index (χ0) is 10.1. The Labute approximate surface area is 96.1 Å². The van der Waals surface area contributed by atoms with E-state index >= 15 is 0 Å². The van der Waals surface area contributed by atoms with E-state index in [2.05, 4.69) is 0 Å². The van der Waals surface area contributed by atoms with E-state index in [0.29, 0.717) is 10.7 Å². The summed E-state index contributed by atoms with van der Waals surface area (Å²) < 4.78 is 0.770. The summed E-state index contributed by atoms with van der Waals surface area (Å²) in [5.41, 5.74) is 8.28. The molecule has 4 heteroatoms. The van der Waals surface area contributed by atoms with Crippen LogP contribution < -0.4 is 5.73 Å². The lowest BCUT2D eigenvalue weighted by Crippen LogP contribution is -1.86. The molecule has 72 valence electrons. The minimum Gasteiger partial charge on any atom is -0.398 e. The van der Waals surface area contributed by atoms with Crippen LogP contribution in [0.25, 0.3) is 11.1 Å². The molecule has 0 amide bonds. The molecule has 1 aromatic carbocycles. The minimum absolute atomic E-state index is 0.570. The highest BCUT2D eigenvalue weighted by molar-refractivity contribution is 7.15. The Morgan fingerprint density at radius 3 is 2.50 bits per heavy atom. The average molecular weight is 244 g/mol. The first-order valence-electron chi connectivity index (χ1n) is 3.97. The summed E-state index contributed by atoms with van der Waals surface area (Å²) in [5, 5.41) is 2.52. The fraction of sp³-hybridized carbons (Fsp3) is 0. The van der Waals surface area contributed by atoms with Gasteiger partial charge in [0.05, 0.1) is 10.7 Å². The fourth-order valence-electron chi connectivity index (χ4n) is 1.21. The first kappa shape index (κ1) is 9.84. The van der Waals surface area contributed by atoms with Crippen LogP contribution in [0.2, 0.25) is 9.36 Å². The third-order valence-corrected chi connectivity index (χ3v) is 3.44. The molecule has 0 aliphatic carbocycles. The minimum atomic E-state index is 0.570. The first-order valence-corrected chi connectivity index (χ1v) is 5.60. The molecule has 2 N–H and O–H groups in total. The molecule has 2 aromatic rings. The van der Waals surface area contributed by atoms with Crippen molar-refractivity contribution in [3.63, 3.8) is 0 Å². The van der Waals surface area contributed by atoms with Gasteiger partial charge in [-0.05, 0) is 29.1 Å². The molecule has 1 aromatic heterocycles. The van der Waals surface area contributed by atoms with E-state index in [9.17, 15) is 0 Å². The molecule has 1 nitrogen and oxygen atoms in total. The normalized spacial score (nSPS) is 10.4. The predicted molar refractivity (Wildman–Crippen MR) is 64.2 cm³/mol. The molecule has 0 fully saturated rings. The molecule has 0 saturated carbocycles. The lowest BCUT2D eigenvalue weighted by molar-refractivity contribution is 1.66. The first-order chi connectivity index (χ1) is 6.68. The van der Waals surface area contributed by atoms with Gasteiger partial charge in [-0.15, -0.1) is 11.3 Å². The van der Waals surface area contributed by atoms with E-state index in [1.807, 2.05) is 23.6 Å². The zero-order valence-corrected chi connectivity index (χ0v) is 9.46. The second-order valence-electron chi connectivity index (χ2n) is 2.84. The monoisotopic (exact) mass is 243 g/mol. The van der Waals surface area contributed by atoms with Crippen LogP contribution >= 0.6 is 34.5 Å². The second kappa shape index (κ2) is 3.81. The van der Waals surface area contributed by atoms with E-state index in [1.165, 1.54) is 11.3 Å². The highest BCUT2D eigenvalue weighted by Gasteiger charge is 2.05. The van der Waals surface area contributed by atoms with Crippen LogP contribution in [0, 0.1) is 0 Å². The predicted octanol–water partition coefficient (Wildman–Crippen LogP) is 4.30. The van der Waals surface area contributed by atoms with Gasteiger partial charge in [-0.1, -0.05) is 29.3 Å². The van der Waals surface area contributed by atoms with E-state index in [4.69, 9.17) is 28.9 Å². The smallest absolute Gasteiger partial charge is 0.101 e. The van der Waals surface area contributed by atoms with Gasteiger partial charge in [-0.3, -0.25) is 0 Å². The quantitative estimate of drug-likeness (QED) is 0.743. The van der Waals surface area contributed by atoms with Gasteiger partial charge in [0.1, 0.15) is 4.34 Å². The van der Waals surface area contributed by atoms with Gasteiger partial charge in [-0.2, -0.15) is 0 Å². The van der Waals surface area contributed by atoms with Crippen molar-refractivity contribution in [1.29, 1.82) is 0 Å². The topological polar surface area (TPSA) is 26.0 Å². The van der Waals surface area contributed by atoms with Crippen molar-refractivity contribution < 1.29 is 0 Å². The van der Waals surface area contributed by atoms with Crippen molar-refractivity contribution in [2.45, 2.75) is 0 Å². The molecule has 0 aliphatic heterocycles. The summed E-state index contributed by atoms with van der Waals surface area (Å²) in [6, 6.07) is 7.48. The number of hydrogen-bond donors (Lipinski definition) is 1. The van der Waals surface area contributed by atoms with Crippen molar-refractivity contribution in [2.24, 2.45) is 0 Å². The third kappa shape index (κ3) is 1.73. The molecule has 2 rings (SSSR count). The van der Waals surface area contributed by atoms with Crippen molar-refractivity contribution in [3.05, 3.63) is 39.0 Å². The molecule has 0 bridgehead atoms. The maximum atomic E-state index is 6.01. The molecular formula is C10H7Cl2NS. The summed E-state index contributed by atoms with van der Waals surface area (Å²) >= 11 is 13.3. The molecule has 0 atom stereocenters. The Kier molecular flexibility index (Phi) is 2.68. The summed E-state index contributed by atoms with van der Waals surface area (Å²) in [5.74, 6) is 0. The molecule has 0 saturated heterocycles. The zero-order valence-electron chi connectivity index (χ0n) is 7.13. The summed E-state index contributed by atoms with van der Waals surface area (Å²) in [6.07, 6.45) is 0. The van der Waals surface area contributed by atoms with Crippen molar-refractivity contribution in [3.8, 4) is 11.1 Å². The Bertz CT molecular complexity index is 465. The lowest BCUT2D eigenvalue weighted by Gasteiger charge is -2.02. The highest BCUT2D eigenvalue weighted by atomic mass is 35.5. The van der Waals surface area contributed by atoms with Crippen LogP contribution in [0.4, 0.5) is 5.69 Å². The number of benzene rings is 1. The van der Waals surface area contributed by atoms with E-state index in [-0.39, 0.29) is 0 Å². The van der Waals surface area contributed by atoms with Crippen LogP contribution in [0.1, 0.15) is 0 Å². The number of hydrogen-bond acceptors (Lipinski definition) is 2. The molecule has 1 heterocycles. The molecule has 0 radical (unpaired) electrons. The number of nitrogens with two attached hydrogens (primary N) is 1. The Morgan fingerprint density at radius 2 is 1.93 bits per heavy atom. The van der Waals surface area contributed by atoms with Crippen molar-refractivity contribution >= 4 is 40.2 Å². The van der Waals surface area contributed by atoms with Gasteiger partial charge in [-0.25, -0.2) is 0 Å². The second-order valence-corrected chi connectivity index (χ2v) is 4.77. The SMILES string of the molecule is Nc1cc(-c2ccsc2Cl)ccc1Cl. The third-order valence-electron chi connectivity index (χ3n) is 1.92. The van der Waals surface area contributed by atoms with Gasteiger partial charge in [0.15, 0.2) is 0 Å². The Balaban J connectivity index is 2.53. The molecule has 14 heavy (non-hydrogen) atoms. The van der Waals surface area contributed by atoms with Gasteiger partial charge in [0, 0.05) is 5.56 Å². The van der Waals surface area contributed by atoms with Crippen molar-refractivity contribution in [2.75, 3.05) is 5.73 Å². The highest BCUT2D eigenvalue weighted by Crippen LogP contribution is 2.34. The van der Waals surface area contributed by atoms with Gasteiger partial charge >= 0.3 is 0 Å². The van der Waals surface area contributed by atoms with E-state index < -0.39 is 0 Å². The number of halogens is 2. The van der Waals surface area contributed by atoms with Crippen LogP contribution in [0.3, 0.4) is 0 Å². The van der Waals surface area contributed by atoms with Crippen LogP contribution in [-0.4, -0.2) is 0 Å². The molecule has 0 spiro atoms. The lowest BCUT2D eigenvalue weighted by atomic mass is 10.1. The number of rotatable bonds is 1. The Hall–Kier alpha value is -0.700.